The minimum atomic E-state index is -0.119. The van der Waals surface area contributed by atoms with E-state index in [0.29, 0.717) is 6.04 Å². The molecule has 0 unspecified atom stereocenters. The molecule has 5 nitrogen and oxygen atoms in total. The van der Waals surface area contributed by atoms with E-state index in [0.717, 1.165) is 29.9 Å². The molecular formula is C18H24N4O. The van der Waals surface area contributed by atoms with Gasteiger partial charge in [0.05, 0.1) is 5.69 Å². The maximum Gasteiger partial charge on any atom is 0.319 e. The Morgan fingerprint density at radius 2 is 1.96 bits per heavy atom. The highest BCUT2D eigenvalue weighted by atomic mass is 16.2. The Labute approximate surface area is 137 Å². The zero-order chi connectivity index (χ0) is 16.1. The number of hydrogen-bond donors (Lipinski definition) is 2. The number of nitrogens with one attached hydrogen (secondary N) is 2. The van der Waals surface area contributed by atoms with Gasteiger partial charge in [0, 0.05) is 23.6 Å². The number of carbonyl (C=O) groups excluding carboxylic acids is 1. The number of carbonyl (C=O) groups is 1. The van der Waals surface area contributed by atoms with Crippen molar-refractivity contribution in [2.45, 2.75) is 51.5 Å². The first-order valence-electron chi connectivity index (χ1n) is 8.41. The molecule has 2 aromatic rings. The van der Waals surface area contributed by atoms with Crippen molar-refractivity contribution in [3.8, 4) is 5.69 Å². The minimum absolute atomic E-state index is 0.119. The van der Waals surface area contributed by atoms with Crippen molar-refractivity contribution < 1.29 is 4.79 Å². The summed E-state index contributed by atoms with van der Waals surface area (Å²) in [5.41, 5.74) is 2.79. The summed E-state index contributed by atoms with van der Waals surface area (Å²) in [5.74, 6) is 0. The molecule has 2 N–H and O–H groups in total. The van der Waals surface area contributed by atoms with Gasteiger partial charge in [-0.05, 0) is 44.0 Å². The molecule has 1 aromatic heterocycles. The van der Waals surface area contributed by atoms with Crippen LogP contribution in [0.4, 0.5) is 10.5 Å². The highest BCUT2D eigenvalue weighted by Crippen LogP contribution is 2.18. The van der Waals surface area contributed by atoms with Crippen molar-refractivity contribution in [1.29, 1.82) is 0 Å². The van der Waals surface area contributed by atoms with Gasteiger partial charge in [0.1, 0.15) is 0 Å². The predicted octanol–water partition coefficient (Wildman–Crippen LogP) is 4.03. The summed E-state index contributed by atoms with van der Waals surface area (Å²) in [4.78, 5) is 12.2. The van der Waals surface area contributed by atoms with Crippen LogP contribution < -0.4 is 10.6 Å². The van der Waals surface area contributed by atoms with E-state index in [2.05, 4.69) is 15.7 Å². The molecule has 5 heteroatoms. The highest BCUT2D eigenvalue weighted by molar-refractivity contribution is 5.89. The molecule has 1 saturated carbocycles. The third-order valence-electron chi connectivity index (χ3n) is 4.37. The second-order valence-corrected chi connectivity index (χ2v) is 6.22. The van der Waals surface area contributed by atoms with E-state index in [-0.39, 0.29) is 6.03 Å². The van der Waals surface area contributed by atoms with E-state index in [1.165, 1.54) is 25.7 Å². The van der Waals surface area contributed by atoms with Gasteiger partial charge in [0.2, 0.25) is 0 Å². The summed E-state index contributed by atoms with van der Waals surface area (Å²) >= 11 is 0. The van der Waals surface area contributed by atoms with Crippen LogP contribution in [0.3, 0.4) is 0 Å². The van der Waals surface area contributed by atoms with Crippen LogP contribution in [0.25, 0.3) is 5.69 Å². The third-order valence-corrected chi connectivity index (χ3v) is 4.37. The number of benzene rings is 1. The number of anilines is 1. The molecule has 1 aromatic carbocycles. The summed E-state index contributed by atoms with van der Waals surface area (Å²) < 4.78 is 1.86. The molecule has 122 valence electrons. The summed E-state index contributed by atoms with van der Waals surface area (Å²) in [6.45, 7) is 2.01. The second-order valence-electron chi connectivity index (χ2n) is 6.22. The van der Waals surface area contributed by atoms with Gasteiger partial charge in [-0.15, -0.1) is 0 Å². The van der Waals surface area contributed by atoms with Crippen LogP contribution in [-0.4, -0.2) is 21.9 Å². The number of urea groups is 1. The SMILES string of the molecule is Cc1ccnn1-c1cccc(NC(=O)NC2CCCCCC2)c1. The van der Waals surface area contributed by atoms with Gasteiger partial charge in [-0.3, -0.25) is 0 Å². The van der Waals surface area contributed by atoms with E-state index in [9.17, 15) is 4.79 Å². The number of nitrogens with zero attached hydrogens (tertiary/aromatic N) is 2. The minimum Gasteiger partial charge on any atom is -0.335 e. The van der Waals surface area contributed by atoms with Crippen LogP contribution in [-0.2, 0) is 0 Å². The number of aromatic nitrogens is 2. The lowest BCUT2D eigenvalue weighted by atomic mass is 10.1. The van der Waals surface area contributed by atoms with Gasteiger partial charge in [-0.1, -0.05) is 31.7 Å². The molecule has 1 aliphatic carbocycles. The monoisotopic (exact) mass is 312 g/mol. The van der Waals surface area contributed by atoms with E-state index in [1.54, 1.807) is 6.20 Å². The standard InChI is InChI=1S/C18H24N4O/c1-14-11-12-19-22(14)17-10-6-9-16(13-17)21-18(23)20-15-7-4-2-3-5-8-15/h6,9-13,15H,2-5,7-8H2,1H3,(H2,20,21,23). The molecule has 1 fully saturated rings. The van der Waals surface area contributed by atoms with Gasteiger partial charge in [0.25, 0.3) is 0 Å². The molecule has 23 heavy (non-hydrogen) atoms. The molecule has 0 bridgehead atoms. The molecule has 3 rings (SSSR count). The van der Waals surface area contributed by atoms with Crippen LogP contribution in [0.5, 0.6) is 0 Å². The summed E-state index contributed by atoms with van der Waals surface area (Å²) in [6, 6.07) is 9.88. The Morgan fingerprint density at radius 1 is 1.17 bits per heavy atom. The van der Waals surface area contributed by atoms with Crippen molar-refractivity contribution in [3.63, 3.8) is 0 Å². The largest absolute Gasteiger partial charge is 0.335 e. The second kappa shape index (κ2) is 7.31. The lowest BCUT2D eigenvalue weighted by Crippen LogP contribution is -2.37. The molecule has 0 saturated heterocycles. The molecule has 0 atom stereocenters. The third kappa shape index (κ3) is 4.12. The topological polar surface area (TPSA) is 59.0 Å². The fourth-order valence-corrected chi connectivity index (χ4v) is 3.13. The molecule has 0 aliphatic heterocycles. The van der Waals surface area contributed by atoms with Gasteiger partial charge in [-0.2, -0.15) is 5.10 Å². The molecular weight excluding hydrogens is 288 g/mol. The Hall–Kier alpha value is -2.30. The maximum atomic E-state index is 12.2. The van der Waals surface area contributed by atoms with Crippen molar-refractivity contribution in [2.75, 3.05) is 5.32 Å². The van der Waals surface area contributed by atoms with Crippen LogP contribution in [0.15, 0.2) is 36.5 Å². The molecule has 2 amide bonds. The summed E-state index contributed by atoms with van der Waals surface area (Å²) in [6.07, 6.45) is 8.92. The first-order chi connectivity index (χ1) is 11.2. The quantitative estimate of drug-likeness (QED) is 0.841. The van der Waals surface area contributed by atoms with Crippen LogP contribution in [0.1, 0.15) is 44.2 Å². The fraction of sp³-hybridized carbons (Fsp3) is 0.444. The van der Waals surface area contributed by atoms with E-state index >= 15 is 0 Å². The number of amides is 2. The Morgan fingerprint density at radius 3 is 2.65 bits per heavy atom. The average Bonchev–Trinajstić information content (AvgIpc) is 2.80. The van der Waals surface area contributed by atoms with Gasteiger partial charge in [0.15, 0.2) is 0 Å². The van der Waals surface area contributed by atoms with Gasteiger partial charge < -0.3 is 10.6 Å². The maximum absolute atomic E-state index is 12.2. The zero-order valence-electron chi connectivity index (χ0n) is 13.6. The number of aryl methyl sites for hydroxylation is 1. The number of rotatable bonds is 3. The Kier molecular flexibility index (Phi) is 4.95. The molecule has 1 aliphatic rings. The van der Waals surface area contributed by atoms with Crippen molar-refractivity contribution in [3.05, 3.63) is 42.2 Å². The molecule has 1 heterocycles. The highest BCUT2D eigenvalue weighted by Gasteiger charge is 2.14. The van der Waals surface area contributed by atoms with Gasteiger partial charge in [-0.25, -0.2) is 9.48 Å². The molecule has 0 radical (unpaired) electrons. The van der Waals surface area contributed by atoms with Crippen molar-refractivity contribution in [2.24, 2.45) is 0 Å². The lowest BCUT2D eigenvalue weighted by molar-refractivity contribution is 0.247. The van der Waals surface area contributed by atoms with Gasteiger partial charge >= 0.3 is 6.03 Å². The average molecular weight is 312 g/mol. The fourth-order valence-electron chi connectivity index (χ4n) is 3.13. The Balaban J connectivity index is 1.63. The van der Waals surface area contributed by atoms with E-state index < -0.39 is 0 Å². The lowest BCUT2D eigenvalue weighted by Gasteiger charge is -2.17. The van der Waals surface area contributed by atoms with Crippen molar-refractivity contribution in [1.82, 2.24) is 15.1 Å². The summed E-state index contributed by atoms with van der Waals surface area (Å²) in [7, 11) is 0. The van der Waals surface area contributed by atoms with Crippen LogP contribution in [0, 0.1) is 6.92 Å². The Bertz CT molecular complexity index is 657. The normalized spacial score (nSPS) is 15.9. The van der Waals surface area contributed by atoms with E-state index in [1.807, 2.05) is 41.9 Å². The van der Waals surface area contributed by atoms with Crippen LogP contribution in [0.2, 0.25) is 0 Å². The first-order valence-corrected chi connectivity index (χ1v) is 8.41. The smallest absolute Gasteiger partial charge is 0.319 e. The predicted molar refractivity (Wildman–Crippen MR) is 91.9 cm³/mol. The summed E-state index contributed by atoms with van der Waals surface area (Å²) in [5, 5.41) is 10.3. The first kappa shape index (κ1) is 15.6. The van der Waals surface area contributed by atoms with Crippen molar-refractivity contribution >= 4 is 11.7 Å². The zero-order valence-corrected chi connectivity index (χ0v) is 13.6. The van der Waals surface area contributed by atoms with E-state index in [4.69, 9.17) is 0 Å². The molecule has 0 spiro atoms. The number of hydrogen-bond acceptors (Lipinski definition) is 2. The van der Waals surface area contributed by atoms with Crippen LogP contribution >= 0.6 is 0 Å².